The standard InChI is InChI=1S/C57H36N2O2P2/c60-63(32-62)51-18-8-11-41-42-26-27-43-39-9-1-4-14-47(39)59-48-15-5-3-13-45(48)57(53(41)51,54(42)55(43)59)46-28-25-38(31-52(46)63)58(37-23-21-33(22-24-37)34-19-20-35-30-36(35)29-34)49-16-7-12-44-40-10-2-6-17-50(40)61-56(44)49/h1-29,31-32,35-36,62H,30H2. The van der Waals surface area contributed by atoms with Crippen LogP contribution in [0.15, 0.2) is 186 Å². The number of benzene rings is 8. The average molecular weight is 843 g/mol. The smallest absolute Gasteiger partial charge is 0.168 e. The van der Waals surface area contributed by atoms with Crippen LogP contribution in [0.4, 0.5) is 17.1 Å². The Hall–Kier alpha value is -6.96. The fraction of sp³-hybridized carbons (Fsp3) is 0.0702. The zero-order valence-corrected chi connectivity index (χ0v) is 35.8. The SMILES string of the molecule is O=P1(C=P)c2cc(N(c3ccc(C4=CC5CC5C=C4)cc3)c3cccc4c3oc3ccccc34)ccc2C23c4ccccc4-n4c5ccccc5c5ccc(c2c54)-c2cccc1c23. The Morgan fingerprint density at radius 1 is 0.667 bits per heavy atom. The van der Waals surface area contributed by atoms with E-state index in [1.807, 2.05) is 12.1 Å². The maximum atomic E-state index is 16.4. The van der Waals surface area contributed by atoms with Gasteiger partial charge in [-0.25, -0.2) is 0 Å². The van der Waals surface area contributed by atoms with E-state index in [0.29, 0.717) is 11.8 Å². The van der Waals surface area contributed by atoms with Gasteiger partial charge in [-0.3, -0.25) is 0 Å². The van der Waals surface area contributed by atoms with E-state index >= 15 is 4.57 Å². The second-order valence-corrected chi connectivity index (χ2v) is 21.2. The molecule has 10 aromatic rings. The summed E-state index contributed by atoms with van der Waals surface area (Å²) in [7, 11) is 0.448. The second kappa shape index (κ2) is 11.9. The van der Waals surface area contributed by atoms with E-state index in [4.69, 9.17) is 4.42 Å². The zero-order valence-electron chi connectivity index (χ0n) is 33.9. The zero-order chi connectivity index (χ0) is 41.3. The van der Waals surface area contributed by atoms with Gasteiger partial charge in [-0.05, 0) is 106 Å². The molecule has 5 aliphatic rings. The molecular weight excluding hydrogens is 807 g/mol. The van der Waals surface area contributed by atoms with Crippen molar-refractivity contribution in [3.63, 3.8) is 0 Å². The molecule has 0 N–H and O–H groups in total. The summed E-state index contributed by atoms with van der Waals surface area (Å²) in [5.41, 5.74) is 18.7. The maximum absolute atomic E-state index is 16.4. The fourth-order valence-electron chi connectivity index (χ4n) is 12.2. The molecule has 0 amide bonds. The molecule has 2 aromatic heterocycles. The summed E-state index contributed by atoms with van der Waals surface area (Å²) in [6.07, 6.45) is 8.34. The van der Waals surface area contributed by atoms with Crippen molar-refractivity contribution in [3.05, 3.63) is 210 Å². The molecule has 2 aliphatic heterocycles. The molecule has 4 nitrogen and oxygen atoms in total. The van der Waals surface area contributed by atoms with Crippen LogP contribution in [0.5, 0.6) is 0 Å². The molecule has 1 spiro atoms. The number of hydrogen-bond donors (Lipinski definition) is 0. The number of hydrogen-bond acceptors (Lipinski definition) is 3. The molecule has 1 saturated carbocycles. The van der Waals surface area contributed by atoms with Crippen LogP contribution in [0.2, 0.25) is 0 Å². The van der Waals surface area contributed by atoms with Gasteiger partial charge in [0.25, 0.3) is 0 Å². The third kappa shape index (κ3) is 4.20. The third-order valence-corrected chi connectivity index (χ3v) is 18.5. The van der Waals surface area contributed by atoms with Crippen molar-refractivity contribution < 1.29 is 8.98 Å². The van der Waals surface area contributed by atoms with Crippen molar-refractivity contribution in [1.29, 1.82) is 0 Å². The van der Waals surface area contributed by atoms with Gasteiger partial charge in [0, 0.05) is 54.6 Å². The first kappa shape index (κ1) is 34.6. The lowest BCUT2D eigenvalue weighted by Gasteiger charge is -2.45. The molecule has 4 heterocycles. The van der Waals surface area contributed by atoms with Gasteiger partial charge < -0.3 is 18.4 Å². The predicted molar refractivity (Wildman–Crippen MR) is 264 cm³/mol. The lowest BCUT2D eigenvalue weighted by Crippen LogP contribution is -2.45. The van der Waals surface area contributed by atoms with Crippen molar-refractivity contribution in [2.24, 2.45) is 11.8 Å². The van der Waals surface area contributed by atoms with E-state index in [0.717, 1.165) is 72.0 Å². The molecular formula is C57H36N2O2P2. The first-order chi connectivity index (χ1) is 31.1. The van der Waals surface area contributed by atoms with Crippen molar-refractivity contribution in [3.8, 4) is 16.8 Å². The van der Waals surface area contributed by atoms with Crippen LogP contribution in [0.25, 0.3) is 66.1 Å². The number of allylic oxidation sites excluding steroid dienone is 4. The number of fused-ring (bicyclic) bond motifs is 11. The van der Waals surface area contributed by atoms with E-state index in [1.54, 1.807) is 5.54 Å². The number of rotatable bonds is 5. The van der Waals surface area contributed by atoms with E-state index in [9.17, 15) is 0 Å². The van der Waals surface area contributed by atoms with Crippen molar-refractivity contribution >= 4 is 98.5 Å². The molecule has 4 atom stereocenters. The number of para-hydroxylation sites is 4. The number of nitrogens with zero attached hydrogens (tertiary/aromatic N) is 2. The van der Waals surface area contributed by atoms with E-state index in [2.05, 4.69) is 188 Å². The highest BCUT2D eigenvalue weighted by molar-refractivity contribution is 7.95. The molecule has 6 heteroatoms. The van der Waals surface area contributed by atoms with Gasteiger partial charge in [-0.2, -0.15) is 0 Å². The summed E-state index contributed by atoms with van der Waals surface area (Å²) in [4.78, 5) is 2.30. The molecule has 3 aliphatic carbocycles. The minimum Gasteiger partial charge on any atom is -0.454 e. The summed E-state index contributed by atoms with van der Waals surface area (Å²) in [6.45, 7) is 0. The maximum Gasteiger partial charge on any atom is 0.168 e. The van der Waals surface area contributed by atoms with Crippen molar-refractivity contribution in [2.45, 2.75) is 11.8 Å². The van der Waals surface area contributed by atoms with E-state index in [-0.39, 0.29) is 0 Å². The Labute approximate surface area is 365 Å². The van der Waals surface area contributed by atoms with Crippen LogP contribution in [0.3, 0.4) is 0 Å². The minimum absolute atomic E-state index is 0.659. The lowest BCUT2D eigenvalue weighted by molar-refractivity contribution is 0.592. The first-order valence-electron chi connectivity index (χ1n) is 21.8. The Balaban J connectivity index is 1.03. The largest absolute Gasteiger partial charge is 0.454 e. The molecule has 8 aromatic carbocycles. The van der Waals surface area contributed by atoms with Gasteiger partial charge >= 0.3 is 0 Å². The van der Waals surface area contributed by atoms with Gasteiger partial charge in [0.05, 0.1) is 27.8 Å². The molecule has 1 fully saturated rings. The van der Waals surface area contributed by atoms with Crippen LogP contribution in [0.1, 0.15) is 34.2 Å². The average Bonchev–Trinajstić information content (AvgIpc) is 3.76. The number of anilines is 3. The first-order valence-corrected chi connectivity index (χ1v) is 24.2. The normalized spacial score (nSPS) is 21.6. The third-order valence-electron chi connectivity index (χ3n) is 14.9. The van der Waals surface area contributed by atoms with Gasteiger partial charge in [-0.15, -0.1) is 8.86 Å². The minimum atomic E-state index is -3.40. The van der Waals surface area contributed by atoms with Crippen LogP contribution in [-0.2, 0) is 9.98 Å². The summed E-state index contributed by atoms with van der Waals surface area (Å²) >= 11 is 0. The summed E-state index contributed by atoms with van der Waals surface area (Å²) < 4.78 is 25.6. The lowest BCUT2D eigenvalue weighted by atomic mass is 9.65. The highest BCUT2D eigenvalue weighted by Gasteiger charge is 2.58. The van der Waals surface area contributed by atoms with E-state index in [1.165, 1.54) is 56.1 Å². The summed E-state index contributed by atoms with van der Waals surface area (Å²) in [5, 5.41) is 6.31. The highest BCUT2D eigenvalue weighted by Crippen LogP contribution is 2.67. The van der Waals surface area contributed by atoms with Crippen LogP contribution < -0.4 is 15.5 Å². The number of furan rings is 1. The van der Waals surface area contributed by atoms with Gasteiger partial charge in [-0.1, -0.05) is 133 Å². The second-order valence-electron chi connectivity index (χ2n) is 17.9. The molecule has 296 valence electrons. The highest BCUT2D eigenvalue weighted by atomic mass is 31.2. The van der Waals surface area contributed by atoms with E-state index < -0.39 is 12.6 Å². The molecule has 4 unspecified atom stereocenters. The summed E-state index contributed by atoms with van der Waals surface area (Å²) in [6, 6.07) is 59.1. The van der Waals surface area contributed by atoms with Crippen molar-refractivity contribution in [1.82, 2.24) is 4.57 Å². The molecule has 0 bridgehead atoms. The Bertz CT molecular complexity index is 3870. The van der Waals surface area contributed by atoms with Crippen LogP contribution in [-0.4, -0.2) is 10.1 Å². The Morgan fingerprint density at radius 3 is 2.33 bits per heavy atom. The topological polar surface area (TPSA) is 38.4 Å². The molecule has 63 heavy (non-hydrogen) atoms. The molecule has 0 radical (unpaired) electrons. The van der Waals surface area contributed by atoms with Gasteiger partial charge in [0.15, 0.2) is 12.7 Å². The summed E-state index contributed by atoms with van der Waals surface area (Å²) in [5.74, 6) is 1.37. The van der Waals surface area contributed by atoms with Gasteiger partial charge in [0.1, 0.15) is 5.58 Å². The van der Waals surface area contributed by atoms with Crippen LogP contribution in [0, 0.1) is 11.8 Å². The quantitative estimate of drug-likeness (QED) is 0.162. The van der Waals surface area contributed by atoms with Crippen LogP contribution >= 0.6 is 16.0 Å². The Morgan fingerprint density at radius 2 is 1.44 bits per heavy atom. The van der Waals surface area contributed by atoms with Crippen molar-refractivity contribution in [2.75, 3.05) is 4.90 Å². The fourth-order valence-corrected chi connectivity index (χ4v) is 15.4. The molecule has 0 saturated heterocycles. The predicted octanol–water partition coefficient (Wildman–Crippen LogP) is 13.9. The molecule has 15 rings (SSSR count). The Kier molecular flexibility index (Phi) is 6.56. The van der Waals surface area contributed by atoms with Gasteiger partial charge in [0.2, 0.25) is 0 Å². The monoisotopic (exact) mass is 842 g/mol. The number of aromatic nitrogens is 1.